The SMILES string of the molecule is COc1ccccc1NC(=O)CS(=O)c1ncccc1N. The van der Waals surface area contributed by atoms with Crippen LogP contribution >= 0.6 is 0 Å². The minimum Gasteiger partial charge on any atom is -0.495 e. The fourth-order valence-electron chi connectivity index (χ4n) is 1.72. The van der Waals surface area contributed by atoms with Crippen LogP contribution < -0.4 is 15.8 Å². The number of pyridine rings is 1. The lowest BCUT2D eigenvalue weighted by Crippen LogP contribution is -2.20. The van der Waals surface area contributed by atoms with E-state index in [-0.39, 0.29) is 10.8 Å². The van der Waals surface area contributed by atoms with E-state index in [1.807, 2.05) is 0 Å². The zero-order valence-corrected chi connectivity index (χ0v) is 12.2. The Morgan fingerprint density at radius 1 is 1.33 bits per heavy atom. The first-order valence-electron chi connectivity index (χ1n) is 6.13. The minimum atomic E-state index is -1.60. The van der Waals surface area contributed by atoms with Crippen molar-refractivity contribution < 1.29 is 13.7 Å². The average Bonchev–Trinajstić information content (AvgIpc) is 2.48. The van der Waals surface area contributed by atoms with Gasteiger partial charge in [0.05, 0.1) is 29.3 Å². The molecule has 21 heavy (non-hydrogen) atoms. The van der Waals surface area contributed by atoms with Crippen molar-refractivity contribution in [3.63, 3.8) is 0 Å². The quantitative estimate of drug-likeness (QED) is 0.871. The molecular weight excluding hydrogens is 290 g/mol. The summed E-state index contributed by atoms with van der Waals surface area (Å²) in [6, 6.07) is 10.2. The molecule has 1 aromatic carbocycles. The number of hydrogen-bond donors (Lipinski definition) is 2. The van der Waals surface area contributed by atoms with Gasteiger partial charge < -0.3 is 15.8 Å². The standard InChI is InChI=1S/C14H15N3O3S/c1-20-12-7-3-2-6-11(12)17-13(18)9-21(19)14-10(15)5-4-8-16-14/h2-8H,9,15H2,1H3,(H,17,18). The molecule has 0 spiro atoms. The Kier molecular flexibility index (Phi) is 4.89. The molecule has 0 radical (unpaired) electrons. The van der Waals surface area contributed by atoms with Crippen molar-refractivity contribution in [2.75, 3.05) is 23.9 Å². The summed E-state index contributed by atoms with van der Waals surface area (Å²) in [7, 11) is -0.0846. The number of aromatic nitrogens is 1. The van der Waals surface area contributed by atoms with Gasteiger partial charge in [0.25, 0.3) is 0 Å². The van der Waals surface area contributed by atoms with Gasteiger partial charge in [-0.05, 0) is 24.3 Å². The van der Waals surface area contributed by atoms with Crippen LogP contribution in [0.4, 0.5) is 11.4 Å². The topological polar surface area (TPSA) is 94.3 Å². The number of nitrogen functional groups attached to an aromatic ring is 1. The Balaban J connectivity index is 2.05. The number of methoxy groups -OCH3 is 1. The molecule has 1 unspecified atom stereocenters. The van der Waals surface area contributed by atoms with Gasteiger partial charge in [-0.2, -0.15) is 0 Å². The average molecular weight is 305 g/mol. The number of hydrogen-bond acceptors (Lipinski definition) is 5. The molecule has 1 aromatic heterocycles. The number of para-hydroxylation sites is 2. The summed E-state index contributed by atoms with van der Waals surface area (Å²) in [6.45, 7) is 0. The summed E-state index contributed by atoms with van der Waals surface area (Å²) in [5.41, 5.74) is 6.52. The van der Waals surface area contributed by atoms with E-state index in [1.54, 1.807) is 36.4 Å². The summed E-state index contributed by atoms with van der Waals surface area (Å²) in [5, 5.41) is 2.87. The van der Waals surface area contributed by atoms with E-state index in [4.69, 9.17) is 10.5 Å². The number of rotatable bonds is 5. The van der Waals surface area contributed by atoms with E-state index in [1.165, 1.54) is 13.3 Å². The summed E-state index contributed by atoms with van der Waals surface area (Å²) in [4.78, 5) is 15.9. The molecule has 3 N–H and O–H groups in total. The van der Waals surface area contributed by atoms with Gasteiger partial charge in [-0.3, -0.25) is 9.00 Å². The van der Waals surface area contributed by atoms with Gasteiger partial charge in [-0.25, -0.2) is 4.98 Å². The van der Waals surface area contributed by atoms with Crippen molar-refractivity contribution in [3.05, 3.63) is 42.6 Å². The summed E-state index contributed by atoms with van der Waals surface area (Å²) >= 11 is 0. The fraction of sp³-hybridized carbons (Fsp3) is 0.143. The number of anilines is 2. The lowest BCUT2D eigenvalue weighted by atomic mass is 10.3. The van der Waals surface area contributed by atoms with Gasteiger partial charge in [-0.15, -0.1) is 0 Å². The van der Waals surface area contributed by atoms with E-state index in [0.717, 1.165) is 0 Å². The van der Waals surface area contributed by atoms with Crippen LogP contribution in [0.2, 0.25) is 0 Å². The van der Waals surface area contributed by atoms with E-state index in [9.17, 15) is 9.00 Å². The predicted octanol–water partition coefficient (Wildman–Crippen LogP) is 1.42. The molecule has 0 bridgehead atoms. The maximum Gasteiger partial charge on any atom is 0.237 e. The molecule has 110 valence electrons. The van der Waals surface area contributed by atoms with Crippen molar-refractivity contribution >= 4 is 28.1 Å². The monoisotopic (exact) mass is 305 g/mol. The summed E-state index contributed by atoms with van der Waals surface area (Å²) < 4.78 is 17.2. The summed E-state index contributed by atoms with van der Waals surface area (Å²) in [6.07, 6.45) is 1.49. The number of ether oxygens (including phenoxy) is 1. The van der Waals surface area contributed by atoms with Gasteiger partial charge in [0.2, 0.25) is 5.91 Å². The number of nitrogens with two attached hydrogens (primary N) is 1. The molecule has 0 saturated heterocycles. The number of amides is 1. The van der Waals surface area contributed by atoms with E-state index in [0.29, 0.717) is 17.1 Å². The maximum atomic E-state index is 12.1. The smallest absolute Gasteiger partial charge is 0.237 e. The predicted molar refractivity (Wildman–Crippen MR) is 81.5 cm³/mol. The molecule has 2 aromatic rings. The van der Waals surface area contributed by atoms with E-state index < -0.39 is 16.7 Å². The number of carbonyl (C=O) groups excluding carboxylic acids is 1. The highest BCUT2D eigenvalue weighted by molar-refractivity contribution is 7.85. The second-order valence-corrected chi connectivity index (χ2v) is 5.50. The highest BCUT2D eigenvalue weighted by Gasteiger charge is 2.15. The number of nitrogens with one attached hydrogen (secondary N) is 1. The number of benzene rings is 1. The number of nitrogens with zero attached hydrogens (tertiary/aromatic N) is 1. The molecule has 2 rings (SSSR count). The molecule has 0 fully saturated rings. The first-order chi connectivity index (χ1) is 10.1. The van der Waals surface area contributed by atoms with Crippen molar-refractivity contribution in [2.24, 2.45) is 0 Å². The lowest BCUT2D eigenvalue weighted by Gasteiger charge is -2.09. The van der Waals surface area contributed by atoms with Crippen LogP contribution in [0.25, 0.3) is 0 Å². The molecule has 1 amide bonds. The van der Waals surface area contributed by atoms with Gasteiger partial charge in [0, 0.05) is 6.20 Å². The largest absolute Gasteiger partial charge is 0.495 e. The van der Waals surface area contributed by atoms with E-state index >= 15 is 0 Å². The second-order valence-electron chi connectivity index (χ2n) is 4.14. The molecule has 0 saturated carbocycles. The molecule has 7 heteroatoms. The Labute approximate surface area is 124 Å². The zero-order chi connectivity index (χ0) is 15.2. The van der Waals surface area contributed by atoms with Gasteiger partial charge in [0.1, 0.15) is 11.5 Å². The highest BCUT2D eigenvalue weighted by atomic mass is 32.2. The molecule has 0 aliphatic heterocycles. The molecule has 1 atom stereocenters. The molecule has 0 aliphatic rings. The zero-order valence-electron chi connectivity index (χ0n) is 11.4. The van der Waals surface area contributed by atoms with Gasteiger partial charge in [0.15, 0.2) is 5.03 Å². The third-order valence-electron chi connectivity index (χ3n) is 2.66. The van der Waals surface area contributed by atoms with Gasteiger partial charge >= 0.3 is 0 Å². The van der Waals surface area contributed by atoms with Crippen molar-refractivity contribution in [3.8, 4) is 5.75 Å². The van der Waals surface area contributed by atoms with Crippen LogP contribution in [0, 0.1) is 0 Å². The van der Waals surface area contributed by atoms with Crippen molar-refractivity contribution in [1.29, 1.82) is 0 Å². The van der Waals surface area contributed by atoms with Gasteiger partial charge in [-0.1, -0.05) is 12.1 Å². The number of carbonyl (C=O) groups is 1. The molecule has 6 nitrogen and oxygen atoms in total. The maximum absolute atomic E-state index is 12.1. The normalized spacial score (nSPS) is 11.7. The van der Waals surface area contributed by atoms with Crippen molar-refractivity contribution in [2.45, 2.75) is 5.03 Å². The van der Waals surface area contributed by atoms with Crippen LogP contribution in [-0.4, -0.2) is 28.0 Å². The van der Waals surface area contributed by atoms with Crippen LogP contribution in [0.15, 0.2) is 47.6 Å². The molecular formula is C14H15N3O3S. The molecule has 0 aliphatic carbocycles. The van der Waals surface area contributed by atoms with Crippen LogP contribution in [0.5, 0.6) is 5.75 Å². The van der Waals surface area contributed by atoms with Crippen LogP contribution in [-0.2, 0) is 15.6 Å². The van der Waals surface area contributed by atoms with E-state index in [2.05, 4.69) is 10.3 Å². The summed E-state index contributed by atoms with van der Waals surface area (Å²) in [5.74, 6) is -0.0870. The first-order valence-corrected chi connectivity index (χ1v) is 7.45. The fourth-order valence-corrected chi connectivity index (χ4v) is 2.67. The lowest BCUT2D eigenvalue weighted by molar-refractivity contribution is -0.113. The Morgan fingerprint density at radius 3 is 2.81 bits per heavy atom. The highest BCUT2D eigenvalue weighted by Crippen LogP contribution is 2.23. The van der Waals surface area contributed by atoms with Crippen molar-refractivity contribution in [1.82, 2.24) is 4.98 Å². The van der Waals surface area contributed by atoms with Crippen LogP contribution in [0.1, 0.15) is 0 Å². The minimum absolute atomic E-state index is 0.215. The molecule has 1 heterocycles. The first kappa shape index (κ1) is 15.0. The third kappa shape index (κ3) is 3.79. The van der Waals surface area contributed by atoms with Crippen LogP contribution in [0.3, 0.4) is 0 Å². The Bertz CT molecular complexity index is 676. The second kappa shape index (κ2) is 6.85. The Hall–Kier alpha value is -2.41. The third-order valence-corrected chi connectivity index (χ3v) is 3.96. The Morgan fingerprint density at radius 2 is 2.10 bits per heavy atom.